The maximum atomic E-state index is 10.3. The minimum Gasteiger partial charge on any atom is -0.504 e. The van der Waals surface area contributed by atoms with E-state index in [0.717, 1.165) is 5.56 Å². The Labute approximate surface area is 89.7 Å². The van der Waals surface area contributed by atoms with Gasteiger partial charge in [0.05, 0.1) is 0 Å². The van der Waals surface area contributed by atoms with E-state index in [1.807, 2.05) is 6.07 Å². The summed E-state index contributed by atoms with van der Waals surface area (Å²) in [7, 11) is 0. The number of aromatic hydroxyl groups is 1. The number of phenols is 1. The van der Waals surface area contributed by atoms with Crippen molar-refractivity contribution in [2.45, 2.75) is 33.1 Å². The van der Waals surface area contributed by atoms with E-state index >= 15 is 0 Å². The molecule has 0 heterocycles. The molecule has 1 rings (SSSR count). The molecule has 3 nitrogen and oxygen atoms in total. The topological polar surface area (TPSA) is 46.5 Å². The molecule has 0 radical (unpaired) electrons. The standard InChI is InChI=1S/C12H16O3/c1-8-5-9(12(2,3)4)6-10(11(8)14)15-7-13/h5-7,14H,1-4H3. The van der Waals surface area contributed by atoms with Gasteiger partial charge in [-0.15, -0.1) is 0 Å². The summed E-state index contributed by atoms with van der Waals surface area (Å²) in [5, 5.41) is 9.63. The maximum Gasteiger partial charge on any atom is 0.298 e. The van der Waals surface area contributed by atoms with Gasteiger partial charge >= 0.3 is 0 Å². The Kier molecular flexibility index (Phi) is 3.03. The molecule has 82 valence electrons. The van der Waals surface area contributed by atoms with Gasteiger partial charge in [0.25, 0.3) is 6.47 Å². The second-order valence-electron chi connectivity index (χ2n) is 4.60. The molecule has 0 saturated heterocycles. The van der Waals surface area contributed by atoms with Gasteiger partial charge in [-0.25, -0.2) is 0 Å². The first-order valence-corrected chi connectivity index (χ1v) is 4.80. The van der Waals surface area contributed by atoms with Crippen LogP contribution in [0.15, 0.2) is 12.1 Å². The number of benzene rings is 1. The molecule has 0 fully saturated rings. The predicted octanol–water partition coefficient (Wildman–Crippen LogP) is 2.53. The number of rotatable bonds is 2. The van der Waals surface area contributed by atoms with Crippen molar-refractivity contribution in [2.24, 2.45) is 0 Å². The van der Waals surface area contributed by atoms with Crippen LogP contribution in [0.2, 0.25) is 0 Å². The van der Waals surface area contributed by atoms with E-state index in [4.69, 9.17) is 4.74 Å². The second kappa shape index (κ2) is 3.93. The van der Waals surface area contributed by atoms with Crippen LogP contribution < -0.4 is 4.74 Å². The fraction of sp³-hybridized carbons (Fsp3) is 0.417. The van der Waals surface area contributed by atoms with Gasteiger partial charge in [-0.2, -0.15) is 0 Å². The molecule has 3 heteroatoms. The van der Waals surface area contributed by atoms with E-state index in [0.29, 0.717) is 12.0 Å². The van der Waals surface area contributed by atoms with Crippen LogP contribution in [-0.2, 0) is 10.2 Å². The van der Waals surface area contributed by atoms with Crippen molar-refractivity contribution in [3.8, 4) is 11.5 Å². The first-order chi connectivity index (χ1) is 6.86. The molecule has 1 aromatic rings. The lowest BCUT2D eigenvalue weighted by Gasteiger charge is -2.20. The highest BCUT2D eigenvalue weighted by molar-refractivity contribution is 5.55. The number of hydrogen-bond acceptors (Lipinski definition) is 3. The molecule has 0 unspecified atom stereocenters. The monoisotopic (exact) mass is 208 g/mol. The quantitative estimate of drug-likeness (QED) is 0.760. The average Bonchev–Trinajstić information content (AvgIpc) is 2.11. The number of aryl methyl sites for hydroxylation is 1. The first kappa shape index (κ1) is 11.6. The molecule has 0 bridgehead atoms. The van der Waals surface area contributed by atoms with Crippen molar-refractivity contribution in [2.75, 3.05) is 0 Å². The molecule has 0 aliphatic carbocycles. The third-order valence-electron chi connectivity index (χ3n) is 2.31. The van der Waals surface area contributed by atoms with Gasteiger partial charge in [-0.3, -0.25) is 4.79 Å². The van der Waals surface area contributed by atoms with Gasteiger partial charge in [-0.05, 0) is 29.5 Å². The molecule has 0 aliphatic rings. The molecule has 0 amide bonds. The number of ether oxygens (including phenoxy) is 1. The van der Waals surface area contributed by atoms with Gasteiger partial charge < -0.3 is 9.84 Å². The Morgan fingerprint density at radius 2 is 1.93 bits per heavy atom. The molecule has 0 aliphatic heterocycles. The van der Waals surface area contributed by atoms with Crippen LogP contribution in [0.3, 0.4) is 0 Å². The molecule has 15 heavy (non-hydrogen) atoms. The van der Waals surface area contributed by atoms with E-state index in [9.17, 15) is 9.90 Å². The van der Waals surface area contributed by atoms with Crippen LogP contribution >= 0.6 is 0 Å². The molecule has 0 aromatic heterocycles. The van der Waals surface area contributed by atoms with E-state index in [-0.39, 0.29) is 16.9 Å². The lowest BCUT2D eigenvalue weighted by Crippen LogP contribution is -2.11. The zero-order valence-electron chi connectivity index (χ0n) is 9.50. The molecule has 1 aromatic carbocycles. The van der Waals surface area contributed by atoms with Gasteiger partial charge in [0.15, 0.2) is 11.5 Å². The van der Waals surface area contributed by atoms with Crippen LogP contribution in [0, 0.1) is 6.92 Å². The summed E-state index contributed by atoms with van der Waals surface area (Å²) < 4.78 is 4.72. The maximum absolute atomic E-state index is 10.3. The van der Waals surface area contributed by atoms with Crippen molar-refractivity contribution < 1.29 is 14.6 Å². The molecule has 1 N–H and O–H groups in total. The lowest BCUT2D eigenvalue weighted by atomic mass is 9.86. The first-order valence-electron chi connectivity index (χ1n) is 4.80. The van der Waals surface area contributed by atoms with Crippen molar-refractivity contribution in [1.82, 2.24) is 0 Å². The number of carbonyl (C=O) groups is 1. The van der Waals surface area contributed by atoms with Crippen LogP contribution in [0.25, 0.3) is 0 Å². The van der Waals surface area contributed by atoms with Crippen LogP contribution in [0.1, 0.15) is 31.9 Å². The fourth-order valence-corrected chi connectivity index (χ4v) is 1.32. The molecule has 0 atom stereocenters. The zero-order chi connectivity index (χ0) is 11.6. The Morgan fingerprint density at radius 1 is 1.33 bits per heavy atom. The summed E-state index contributed by atoms with van der Waals surface area (Å²) in [6.45, 7) is 8.28. The number of hydrogen-bond donors (Lipinski definition) is 1. The summed E-state index contributed by atoms with van der Waals surface area (Å²) in [4.78, 5) is 10.3. The normalized spacial score (nSPS) is 11.2. The molecule has 0 spiro atoms. The zero-order valence-corrected chi connectivity index (χ0v) is 9.50. The Morgan fingerprint density at radius 3 is 2.40 bits per heavy atom. The van der Waals surface area contributed by atoms with E-state index in [1.54, 1.807) is 13.0 Å². The largest absolute Gasteiger partial charge is 0.504 e. The predicted molar refractivity (Wildman–Crippen MR) is 58.2 cm³/mol. The molecule has 0 saturated carbocycles. The SMILES string of the molecule is Cc1cc(C(C)(C)C)cc(OC=O)c1O. The summed E-state index contributed by atoms with van der Waals surface area (Å²) in [6.07, 6.45) is 0. The number of carbonyl (C=O) groups excluding carboxylic acids is 1. The van der Waals surface area contributed by atoms with Gasteiger partial charge in [0.2, 0.25) is 0 Å². The van der Waals surface area contributed by atoms with E-state index < -0.39 is 0 Å². The highest BCUT2D eigenvalue weighted by Gasteiger charge is 2.17. The van der Waals surface area contributed by atoms with Crippen molar-refractivity contribution in [3.05, 3.63) is 23.3 Å². The second-order valence-corrected chi connectivity index (χ2v) is 4.60. The highest BCUT2D eigenvalue weighted by Crippen LogP contribution is 2.35. The Bertz CT molecular complexity index is 375. The molecular weight excluding hydrogens is 192 g/mol. The van der Waals surface area contributed by atoms with Crippen molar-refractivity contribution in [3.63, 3.8) is 0 Å². The van der Waals surface area contributed by atoms with Crippen molar-refractivity contribution in [1.29, 1.82) is 0 Å². The number of phenolic OH excluding ortho intramolecular Hbond substituents is 1. The van der Waals surface area contributed by atoms with E-state index in [1.165, 1.54) is 0 Å². The summed E-state index contributed by atoms with van der Waals surface area (Å²) in [6, 6.07) is 3.59. The van der Waals surface area contributed by atoms with Crippen molar-refractivity contribution >= 4 is 6.47 Å². The minimum atomic E-state index is -0.0422. The van der Waals surface area contributed by atoms with Gasteiger partial charge in [0.1, 0.15) is 0 Å². The average molecular weight is 208 g/mol. The minimum absolute atomic E-state index is 0.0232. The van der Waals surface area contributed by atoms with Gasteiger partial charge in [0, 0.05) is 0 Å². The molecular formula is C12H16O3. The third-order valence-corrected chi connectivity index (χ3v) is 2.31. The highest BCUT2D eigenvalue weighted by atomic mass is 16.5. The van der Waals surface area contributed by atoms with E-state index in [2.05, 4.69) is 20.8 Å². The Hall–Kier alpha value is -1.51. The third kappa shape index (κ3) is 2.49. The lowest BCUT2D eigenvalue weighted by molar-refractivity contribution is -0.120. The van der Waals surface area contributed by atoms with Gasteiger partial charge in [-0.1, -0.05) is 26.8 Å². The fourth-order valence-electron chi connectivity index (χ4n) is 1.32. The van der Waals surface area contributed by atoms with Crippen LogP contribution in [-0.4, -0.2) is 11.6 Å². The summed E-state index contributed by atoms with van der Waals surface area (Å²) in [5.74, 6) is 0.241. The van der Waals surface area contributed by atoms with Crippen LogP contribution in [0.5, 0.6) is 11.5 Å². The van der Waals surface area contributed by atoms with Crippen LogP contribution in [0.4, 0.5) is 0 Å². The summed E-state index contributed by atoms with van der Waals surface area (Å²) >= 11 is 0. The summed E-state index contributed by atoms with van der Waals surface area (Å²) in [5.41, 5.74) is 1.69. The Balaban J connectivity index is 3.29. The smallest absolute Gasteiger partial charge is 0.298 e.